The van der Waals surface area contributed by atoms with Crippen LogP contribution in [0.2, 0.25) is 0 Å². The molecule has 0 bridgehead atoms. The van der Waals surface area contributed by atoms with Crippen LogP contribution in [0.15, 0.2) is 67.0 Å². The van der Waals surface area contributed by atoms with Crippen molar-refractivity contribution >= 4 is 23.5 Å². The molecule has 1 heterocycles. The van der Waals surface area contributed by atoms with E-state index in [2.05, 4.69) is 37.5 Å². The SMILES string of the molecule is COC(=O)c1cccc(NC(=O)c2cnc(NCCCc3ccccc3)nc2)c1. The molecule has 0 saturated carbocycles. The molecule has 0 spiro atoms. The standard InChI is InChI=1S/C22H22N4O3/c1-29-21(28)17-10-5-11-19(13-17)26-20(27)18-14-24-22(25-15-18)23-12-6-9-16-7-3-2-4-8-16/h2-5,7-8,10-11,13-15H,6,9,12H2,1H3,(H,26,27)(H,23,24,25). The fourth-order valence-electron chi connectivity index (χ4n) is 2.72. The molecule has 2 N–H and O–H groups in total. The lowest BCUT2D eigenvalue weighted by atomic mass is 10.1. The van der Waals surface area contributed by atoms with Crippen molar-refractivity contribution in [3.8, 4) is 0 Å². The largest absolute Gasteiger partial charge is 0.465 e. The van der Waals surface area contributed by atoms with E-state index in [1.807, 2.05) is 18.2 Å². The lowest BCUT2D eigenvalue weighted by Gasteiger charge is -2.08. The molecule has 0 saturated heterocycles. The number of carbonyl (C=O) groups is 2. The summed E-state index contributed by atoms with van der Waals surface area (Å²) in [6.07, 6.45) is 4.85. The number of esters is 1. The zero-order valence-corrected chi connectivity index (χ0v) is 16.1. The molecule has 0 unspecified atom stereocenters. The smallest absolute Gasteiger partial charge is 0.337 e. The van der Waals surface area contributed by atoms with E-state index in [4.69, 9.17) is 0 Å². The molecule has 29 heavy (non-hydrogen) atoms. The van der Waals surface area contributed by atoms with Crippen molar-refractivity contribution in [2.24, 2.45) is 0 Å². The van der Waals surface area contributed by atoms with Crippen molar-refractivity contribution < 1.29 is 14.3 Å². The third-order valence-electron chi connectivity index (χ3n) is 4.22. The van der Waals surface area contributed by atoms with Crippen LogP contribution in [0.5, 0.6) is 0 Å². The van der Waals surface area contributed by atoms with E-state index in [0.29, 0.717) is 22.8 Å². The van der Waals surface area contributed by atoms with E-state index in [1.165, 1.54) is 25.1 Å². The molecule has 7 heteroatoms. The molecule has 1 amide bonds. The van der Waals surface area contributed by atoms with Crippen LogP contribution in [0.4, 0.5) is 11.6 Å². The van der Waals surface area contributed by atoms with Crippen LogP contribution in [0.3, 0.4) is 0 Å². The van der Waals surface area contributed by atoms with Gasteiger partial charge in [0, 0.05) is 24.6 Å². The molecule has 3 aromatic rings. The van der Waals surface area contributed by atoms with Crippen molar-refractivity contribution in [1.82, 2.24) is 9.97 Å². The van der Waals surface area contributed by atoms with Gasteiger partial charge in [0.25, 0.3) is 5.91 Å². The molecule has 0 fully saturated rings. The number of anilines is 2. The fraction of sp³-hybridized carbons (Fsp3) is 0.182. The van der Waals surface area contributed by atoms with Crippen LogP contribution in [-0.2, 0) is 11.2 Å². The Kier molecular flexibility index (Phi) is 6.89. The van der Waals surface area contributed by atoms with E-state index < -0.39 is 5.97 Å². The number of methoxy groups -OCH3 is 1. The first-order valence-corrected chi connectivity index (χ1v) is 9.25. The lowest BCUT2D eigenvalue weighted by Crippen LogP contribution is -2.14. The van der Waals surface area contributed by atoms with Gasteiger partial charge in [-0.1, -0.05) is 36.4 Å². The van der Waals surface area contributed by atoms with Crippen LogP contribution in [-0.4, -0.2) is 35.5 Å². The Bertz CT molecular complexity index is 959. The average Bonchev–Trinajstić information content (AvgIpc) is 2.77. The molecule has 7 nitrogen and oxygen atoms in total. The summed E-state index contributed by atoms with van der Waals surface area (Å²) in [4.78, 5) is 32.3. The minimum atomic E-state index is -0.466. The Balaban J connectivity index is 1.50. The number of nitrogens with one attached hydrogen (secondary N) is 2. The Morgan fingerprint density at radius 1 is 0.966 bits per heavy atom. The second-order valence-electron chi connectivity index (χ2n) is 6.34. The van der Waals surface area contributed by atoms with E-state index in [-0.39, 0.29) is 5.91 Å². The van der Waals surface area contributed by atoms with Crippen LogP contribution in [0, 0.1) is 0 Å². The van der Waals surface area contributed by atoms with Crippen molar-refractivity contribution in [3.63, 3.8) is 0 Å². The predicted molar refractivity (Wildman–Crippen MR) is 111 cm³/mol. The molecular weight excluding hydrogens is 368 g/mol. The maximum atomic E-state index is 12.4. The summed E-state index contributed by atoms with van der Waals surface area (Å²) in [5, 5.41) is 5.87. The number of hydrogen-bond donors (Lipinski definition) is 2. The average molecular weight is 390 g/mol. The number of carbonyl (C=O) groups excluding carboxylic acids is 2. The number of amides is 1. The third kappa shape index (κ3) is 5.87. The highest BCUT2D eigenvalue weighted by Crippen LogP contribution is 2.13. The maximum absolute atomic E-state index is 12.4. The molecule has 0 radical (unpaired) electrons. The van der Waals surface area contributed by atoms with Gasteiger partial charge in [0.1, 0.15) is 0 Å². The number of benzene rings is 2. The first-order valence-electron chi connectivity index (χ1n) is 9.25. The van der Waals surface area contributed by atoms with Gasteiger partial charge >= 0.3 is 5.97 Å². The van der Waals surface area contributed by atoms with Crippen LogP contribution >= 0.6 is 0 Å². The first kappa shape index (κ1) is 20.0. The zero-order chi connectivity index (χ0) is 20.5. The van der Waals surface area contributed by atoms with Gasteiger partial charge in [-0.15, -0.1) is 0 Å². The maximum Gasteiger partial charge on any atom is 0.337 e. The zero-order valence-electron chi connectivity index (χ0n) is 16.1. The highest BCUT2D eigenvalue weighted by atomic mass is 16.5. The van der Waals surface area contributed by atoms with Gasteiger partial charge in [-0.3, -0.25) is 4.79 Å². The monoisotopic (exact) mass is 390 g/mol. The quantitative estimate of drug-likeness (QED) is 0.451. The molecule has 148 valence electrons. The van der Waals surface area contributed by atoms with Crippen molar-refractivity contribution in [2.75, 3.05) is 24.3 Å². The normalized spacial score (nSPS) is 10.2. The van der Waals surface area contributed by atoms with Gasteiger partial charge in [0.05, 0.1) is 18.2 Å². The Morgan fingerprint density at radius 2 is 1.72 bits per heavy atom. The molecule has 0 aliphatic rings. The predicted octanol–water partition coefficient (Wildman–Crippen LogP) is 3.56. The molecule has 2 aromatic carbocycles. The fourth-order valence-corrected chi connectivity index (χ4v) is 2.72. The van der Waals surface area contributed by atoms with Gasteiger partial charge in [-0.25, -0.2) is 14.8 Å². The first-order chi connectivity index (χ1) is 14.2. The summed E-state index contributed by atoms with van der Waals surface area (Å²) in [5.74, 6) is -0.350. The topological polar surface area (TPSA) is 93.2 Å². The Hall–Kier alpha value is -3.74. The summed E-state index contributed by atoms with van der Waals surface area (Å²) in [6.45, 7) is 0.737. The van der Waals surface area contributed by atoms with E-state index >= 15 is 0 Å². The van der Waals surface area contributed by atoms with Gasteiger partial charge in [0.15, 0.2) is 0 Å². The minimum absolute atomic E-state index is 0.323. The second kappa shape index (κ2) is 9.98. The van der Waals surface area contributed by atoms with Crippen LogP contribution < -0.4 is 10.6 Å². The summed E-state index contributed by atoms with van der Waals surface area (Å²) in [6, 6.07) is 16.8. The number of aromatic nitrogens is 2. The van der Waals surface area contributed by atoms with Gasteiger partial charge < -0.3 is 15.4 Å². The molecule has 0 atom stereocenters. The van der Waals surface area contributed by atoms with Crippen LogP contribution in [0.1, 0.15) is 32.7 Å². The molecule has 0 aliphatic heterocycles. The summed E-state index contributed by atoms with van der Waals surface area (Å²) < 4.78 is 4.68. The lowest BCUT2D eigenvalue weighted by molar-refractivity contribution is 0.0600. The number of hydrogen-bond acceptors (Lipinski definition) is 6. The summed E-state index contributed by atoms with van der Waals surface area (Å²) >= 11 is 0. The van der Waals surface area contributed by atoms with Gasteiger partial charge in [-0.05, 0) is 36.6 Å². The van der Waals surface area contributed by atoms with Crippen molar-refractivity contribution in [1.29, 1.82) is 0 Å². The van der Waals surface area contributed by atoms with Crippen molar-refractivity contribution in [3.05, 3.63) is 83.7 Å². The number of ether oxygens (including phenoxy) is 1. The molecule has 3 rings (SSSR count). The Morgan fingerprint density at radius 3 is 2.45 bits per heavy atom. The second-order valence-corrected chi connectivity index (χ2v) is 6.34. The van der Waals surface area contributed by atoms with E-state index in [1.54, 1.807) is 24.3 Å². The highest BCUT2D eigenvalue weighted by molar-refractivity contribution is 6.04. The van der Waals surface area contributed by atoms with E-state index in [9.17, 15) is 9.59 Å². The van der Waals surface area contributed by atoms with Crippen molar-refractivity contribution in [2.45, 2.75) is 12.8 Å². The number of aryl methyl sites for hydroxylation is 1. The number of rotatable bonds is 8. The molecule has 0 aliphatic carbocycles. The van der Waals surface area contributed by atoms with Crippen LogP contribution in [0.25, 0.3) is 0 Å². The Labute approximate surface area is 169 Å². The minimum Gasteiger partial charge on any atom is -0.465 e. The molecular formula is C22H22N4O3. The highest BCUT2D eigenvalue weighted by Gasteiger charge is 2.10. The summed E-state index contributed by atoms with van der Waals surface area (Å²) in [7, 11) is 1.31. The summed E-state index contributed by atoms with van der Waals surface area (Å²) in [5.41, 5.74) is 2.46. The van der Waals surface area contributed by atoms with E-state index in [0.717, 1.165) is 19.4 Å². The van der Waals surface area contributed by atoms with Gasteiger partial charge in [0.2, 0.25) is 5.95 Å². The number of nitrogens with zero attached hydrogens (tertiary/aromatic N) is 2. The molecule has 1 aromatic heterocycles. The third-order valence-corrected chi connectivity index (χ3v) is 4.22. The van der Waals surface area contributed by atoms with Gasteiger partial charge in [-0.2, -0.15) is 0 Å².